The van der Waals surface area contributed by atoms with Gasteiger partial charge in [0.1, 0.15) is 17.4 Å². The number of ether oxygens (including phenoxy) is 2. The lowest BCUT2D eigenvalue weighted by molar-refractivity contribution is 0.0886. The maximum Gasteiger partial charge on any atom is 0.179 e. The summed E-state index contributed by atoms with van der Waals surface area (Å²) in [5, 5.41) is 0. The van der Waals surface area contributed by atoms with Crippen molar-refractivity contribution < 1.29 is 19.1 Å². The second-order valence-electron chi connectivity index (χ2n) is 4.78. The minimum atomic E-state index is -0.895. The van der Waals surface area contributed by atoms with Gasteiger partial charge < -0.3 is 9.47 Å². The van der Waals surface area contributed by atoms with Gasteiger partial charge in [0, 0.05) is 11.1 Å². The minimum absolute atomic E-state index is 0.210. The van der Waals surface area contributed by atoms with Crippen molar-refractivity contribution in [2.24, 2.45) is 0 Å². The van der Waals surface area contributed by atoms with Crippen LogP contribution in [0, 0.1) is 0 Å². The summed E-state index contributed by atoms with van der Waals surface area (Å²) in [6.07, 6.45) is 0. The van der Waals surface area contributed by atoms with Crippen molar-refractivity contribution in [3.8, 4) is 11.5 Å². The van der Waals surface area contributed by atoms with Crippen LogP contribution in [-0.4, -0.2) is 25.8 Å². The Morgan fingerprint density at radius 1 is 0.762 bits per heavy atom. The summed E-state index contributed by atoms with van der Waals surface area (Å²) >= 11 is 0. The lowest BCUT2D eigenvalue weighted by atomic mass is 9.92. The van der Waals surface area contributed by atoms with Crippen LogP contribution in [0.25, 0.3) is 0 Å². The Balaban J connectivity index is 2.20. The monoisotopic (exact) mass is 282 g/mol. The molecule has 0 spiro atoms. The Kier molecular flexibility index (Phi) is 3.22. The molecule has 0 N–H and O–H groups in total. The molecule has 0 radical (unpaired) electrons. The van der Waals surface area contributed by atoms with Crippen LogP contribution in [-0.2, 0) is 0 Å². The van der Waals surface area contributed by atoms with Crippen molar-refractivity contribution in [1.82, 2.24) is 0 Å². The van der Waals surface area contributed by atoms with Gasteiger partial charge in [0.05, 0.1) is 19.8 Å². The highest BCUT2D eigenvalue weighted by molar-refractivity contribution is 6.30. The molecule has 0 unspecified atom stereocenters. The summed E-state index contributed by atoms with van der Waals surface area (Å²) in [6.45, 7) is 0. The molecule has 2 aromatic rings. The molecule has 0 saturated heterocycles. The van der Waals surface area contributed by atoms with Crippen molar-refractivity contribution in [3.63, 3.8) is 0 Å². The molecule has 0 aromatic heterocycles. The lowest BCUT2D eigenvalue weighted by Crippen LogP contribution is -2.15. The lowest BCUT2D eigenvalue weighted by Gasteiger charge is -2.16. The van der Waals surface area contributed by atoms with Gasteiger partial charge in [-0.25, -0.2) is 0 Å². The average Bonchev–Trinajstić information content (AvgIpc) is 2.78. The summed E-state index contributed by atoms with van der Waals surface area (Å²) in [5.74, 6) is -0.354. The molecule has 1 aliphatic rings. The molecule has 4 heteroatoms. The van der Waals surface area contributed by atoms with E-state index in [9.17, 15) is 9.59 Å². The maximum atomic E-state index is 12.6. The highest BCUT2D eigenvalue weighted by Gasteiger charge is 2.42. The number of benzene rings is 2. The van der Waals surface area contributed by atoms with Crippen LogP contribution in [0.15, 0.2) is 42.5 Å². The fraction of sp³-hybridized carbons (Fsp3) is 0.176. The number of Topliss-reactive ketones (excluding diaryl/α,β-unsaturated/α-hetero) is 2. The average molecular weight is 282 g/mol. The third-order valence-corrected chi connectivity index (χ3v) is 3.74. The van der Waals surface area contributed by atoms with Crippen LogP contribution in [0.2, 0.25) is 0 Å². The number of fused-ring (bicyclic) bond motifs is 1. The molecule has 0 fully saturated rings. The standard InChI is InChI=1S/C17H14O4/c1-20-12-8-5-9-13(21-2)14(12)15-16(18)10-6-3-4-7-11(10)17(15)19/h3-9,15H,1-2H3. The van der Waals surface area contributed by atoms with Crippen LogP contribution >= 0.6 is 0 Å². The molecular formula is C17H14O4. The molecule has 0 atom stereocenters. The zero-order chi connectivity index (χ0) is 15.0. The van der Waals surface area contributed by atoms with Crippen LogP contribution in [0.3, 0.4) is 0 Å². The number of rotatable bonds is 3. The second-order valence-corrected chi connectivity index (χ2v) is 4.78. The molecule has 1 aliphatic carbocycles. The van der Waals surface area contributed by atoms with E-state index in [0.717, 1.165) is 0 Å². The van der Waals surface area contributed by atoms with Crippen molar-refractivity contribution in [3.05, 3.63) is 59.2 Å². The first kappa shape index (κ1) is 13.4. The Morgan fingerprint density at radius 3 is 1.67 bits per heavy atom. The van der Waals surface area contributed by atoms with Gasteiger partial charge in [-0.05, 0) is 12.1 Å². The predicted molar refractivity (Wildman–Crippen MR) is 77.4 cm³/mol. The third-order valence-electron chi connectivity index (χ3n) is 3.74. The number of ketones is 2. The molecular weight excluding hydrogens is 268 g/mol. The number of carbonyl (C=O) groups is 2. The van der Waals surface area contributed by atoms with Gasteiger partial charge in [-0.2, -0.15) is 0 Å². The van der Waals surface area contributed by atoms with Crippen LogP contribution in [0.5, 0.6) is 11.5 Å². The van der Waals surface area contributed by atoms with Gasteiger partial charge in [-0.1, -0.05) is 30.3 Å². The first-order valence-electron chi connectivity index (χ1n) is 6.57. The van der Waals surface area contributed by atoms with E-state index in [0.29, 0.717) is 28.2 Å². The Morgan fingerprint density at radius 2 is 1.24 bits per heavy atom. The summed E-state index contributed by atoms with van der Waals surface area (Å²) in [5.41, 5.74) is 1.41. The SMILES string of the molecule is COc1cccc(OC)c1C1C(=O)c2ccccc2C1=O. The van der Waals surface area contributed by atoms with E-state index < -0.39 is 5.92 Å². The Labute approximate surface area is 122 Å². The molecule has 21 heavy (non-hydrogen) atoms. The first-order valence-corrected chi connectivity index (χ1v) is 6.57. The fourth-order valence-electron chi connectivity index (χ4n) is 2.77. The van der Waals surface area contributed by atoms with Crippen molar-refractivity contribution >= 4 is 11.6 Å². The number of hydrogen-bond acceptors (Lipinski definition) is 4. The Bertz CT molecular complexity index is 676. The maximum absolute atomic E-state index is 12.6. The van der Waals surface area contributed by atoms with Crippen LogP contribution < -0.4 is 9.47 Å². The second kappa shape index (κ2) is 5.05. The van der Waals surface area contributed by atoms with E-state index in [1.165, 1.54) is 14.2 Å². The molecule has 4 nitrogen and oxygen atoms in total. The van der Waals surface area contributed by atoms with E-state index >= 15 is 0 Å². The Hall–Kier alpha value is -2.62. The predicted octanol–water partition coefficient (Wildman–Crippen LogP) is 2.87. The number of hydrogen-bond donors (Lipinski definition) is 0. The molecule has 0 amide bonds. The van der Waals surface area contributed by atoms with Gasteiger partial charge >= 0.3 is 0 Å². The molecule has 106 valence electrons. The summed E-state index contributed by atoms with van der Waals surface area (Å²) in [6, 6.07) is 12.1. The van der Waals surface area contributed by atoms with E-state index in [-0.39, 0.29) is 11.6 Å². The van der Waals surface area contributed by atoms with Crippen molar-refractivity contribution in [2.75, 3.05) is 14.2 Å². The van der Waals surface area contributed by atoms with E-state index in [2.05, 4.69) is 0 Å². The van der Waals surface area contributed by atoms with Crippen LogP contribution in [0.1, 0.15) is 32.2 Å². The molecule has 0 saturated carbocycles. The summed E-state index contributed by atoms with van der Waals surface area (Å²) in [4.78, 5) is 25.2. The van der Waals surface area contributed by atoms with E-state index in [1.54, 1.807) is 42.5 Å². The van der Waals surface area contributed by atoms with Gasteiger partial charge in [0.2, 0.25) is 0 Å². The van der Waals surface area contributed by atoms with Gasteiger partial charge in [-0.3, -0.25) is 9.59 Å². The van der Waals surface area contributed by atoms with E-state index in [1.807, 2.05) is 0 Å². The number of carbonyl (C=O) groups excluding carboxylic acids is 2. The fourth-order valence-corrected chi connectivity index (χ4v) is 2.77. The summed E-state index contributed by atoms with van der Waals surface area (Å²) in [7, 11) is 3.02. The van der Waals surface area contributed by atoms with Crippen LogP contribution in [0.4, 0.5) is 0 Å². The smallest absolute Gasteiger partial charge is 0.179 e. The molecule has 0 bridgehead atoms. The van der Waals surface area contributed by atoms with Crippen molar-refractivity contribution in [1.29, 1.82) is 0 Å². The summed E-state index contributed by atoms with van der Waals surface area (Å²) < 4.78 is 10.6. The van der Waals surface area contributed by atoms with Gasteiger partial charge in [0.25, 0.3) is 0 Å². The number of methoxy groups -OCH3 is 2. The van der Waals surface area contributed by atoms with E-state index in [4.69, 9.17) is 9.47 Å². The highest BCUT2D eigenvalue weighted by Crippen LogP contribution is 2.42. The molecule has 0 aliphatic heterocycles. The zero-order valence-corrected chi connectivity index (χ0v) is 11.8. The first-order chi connectivity index (χ1) is 10.2. The molecule has 3 rings (SSSR count). The van der Waals surface area contributed by atoms with Gasteiger partial charge in [-0.15, -0.1) is 0 Å². The third kappa shape index (κ3) is 1.91. The highest BCUT2D eigenvalue weighted by atomic mass is 16.5. The zero-order valence-electron chi connectivity index (χ0n) is 11.8. The molecule has 2 aromatic carbocycles. The topological polar surface area (TPSA) is 52.6 Å². The van der Waals surface area contributed by atoms with Crippen molar-refractivity contribution in [2.45, 2.75) is 5.92 Å². The van der Waals surface area contributed by atoms with Gasteiger partial charge in [0.15, 0.2) is 11.6 Å². The molecule has 0 heterocycles. The quantitative estimate of drug-likeness (QED) is 0.812. The normalized spacial score (nSPS) is 14.2. The largest absolute Gasteiger partial charge is 0.496 e. The minimum Gasteiger partial charge on any atom is -0.496 e.